The Balaban J connectivity index is 1.25. The molecule has 3 aromatic rings. The zero-order valence-corrected chi connectivity index (χ0v) is 19.1. The SMILES string of the molecule is Cc1ccc(NC(=O)COC(=O)CSCc2nc3sc4c(c3c(=O)[nH]2)CCCC4)cc1F. The number of hydrogen-bond acceptors (Lipinski definition) is 7. The minimum atomic E-state index is -0.560. The number of fused-ring (bicyclic) bond motifs is 3. The van der Waals surface area contributed by atoms with Crippen molar-refractivity contribution in [1.82, 2.24) is 9.97 Å². The molecule has 32 heavy (non-hydrogen) atoms. The van der Waals surface area contributed by atoms with Crippen LogP contribution in [0.1, 0.15) is 34.7 Å². The van der Waals surface area contributed by atoms with Crippen LogP contribution in [0.25, 0.3) is 10.2 Å². The van der Waals surface area contributed by atoms with E-state index in [1.54, 1.807) is 30.4 Å². The highest BCUT2D eigenvalue weighted by Gasteiger charge is 2.20. The molecular formula is C22H22FN3O4S2. The van der Waals surface area contributed by atoms with Crippen molar-refractivity contribution in [2.24, 2.45) is 0 Å². The molecule has 1 aliphatic carbocycles. The van der Waals surface area contributed by atoms with Gasteiger partial charge in [0, 0.05) is 10.6 Å². The fourth-order valence-electron chi connectivity index (χ4n) is 3.56. The number of ether oxygens (including phenoxy) is 1. The standard InChI is InChI=1S/C22H22FN3O4S2/c1-12-6-7-13(8-15(12)23)24-18(27)9-30-19(28)11-31-10-17-25-21(29)20-14-4-2-3-5-16(14)32-22(20)26-17/h6-8H,2-5,9-11H2,1H3,(H,24,27)(H,25,26,29). The van der Waals surface area contributed by atoms with E-state index in [-0.39, 0.29) is 11.3 Å². The number of esters is 1. The molecule has 2 aromatic heterocycles. The third kappa shape index (κ3) is 5.18. The highest BCUT2D eigenvalue weighted by molar-refractivity contribution is 7.99. The minimum absolute atomic E-state index is 0.00906. The van der Waals surface area contributed by atoms with Gasteiger partial charge < -0.3 is 15.0 Å². The number of carbonyl (C=O) groups is 2. The average Bonchev–Trinajstić information content (AvgIpc) is 3.14. The van der Waals surface area contributed by atoms with Crippen LogP contribution in [0, 0.1) is 12.7 Å². The van der Waals surface area contributed by atoms with Crippen LogP contribution < -0.4 is 10.9 Å². The van der Waals surface area contributed by atoms with Crippen LogP contribution in [0.15, 0.2) is 23.0 Å². The van der Waals surface area contributed by atoms with Crippen molar-refractivity contribution < 1.29 is 18.7 Å². The number of aryl methyl sites for hydroxylation is 3. The quantitative estimate of drug-likeness (QED) is 0.505. The van der Waals surface area contributed by atoms with Gasteiger partial charge in [-0.1, -0.05) is 6.07 Å². The van der Waals surface area contributed by atoms with Crippen molar-refractivity contribution in [1.29, 1.82) is 0 Å². The molecule has 10 heteroatoms. The molecule has 168 valence electrons. The lowest BCUT2D eigenvalue weighted by molar-refractivity contribution is -0.144. The van der Waals surface area contributed by atoms with Crippen molar-refractivity contribution in [2.45, 2.75) is 38.4 Å². The van der Waals surface area contributed by atoms with E-state index in [0.717, 1.165) is 36.1 Å². The van der Waals surface area contributed by atoms with E-state index in [1.165, 1.54) is 22.7 Å². The molecule has 0 spiro atoms. The molecule has 0 radical (unpaired) electrons. The first-order valence-corrected chi connectivity index (χ1v) is 12.2. The van der Waals surface area contributed by atoms with Crippen molar-refractivity contribution >= 4 is 50.9 Å². The molecule has 0 saturated carbocycles. The predicted molar refractivity (Wildman–Crippen MR) is 124 cm³/mol. The molecule has 2 N–H and O–H groups in total. The van der Waals surface area contributed by atoms with Gasteiger partial charge in [0.1, 0.15) is 16.5 Å². The number of thiophene rings is 1. The zero-order valence-electron chi connectivity index (χ0n) is 17.5. The Labute approximate surface area is 191 Å². The summed E-state index contributed by atoms with van der Waals surface area (Å²) in [5.74, 6) is -0.672. The lowest BCUT2D eigenvalue weighted by Crippen LogP contribution is -2.21. The lowest BCUT2D eigenvalue weighted by Gasteiger charge is -2.09. The van der Waals surface area contributed by atoms with Gasteiger partial charge in [0.25, 0.3) is 11.5 Å². The van der Waals surface area contributed by atoms with Gasteiger partial charge >= 0.3 is 5.97 Å². The number of carbonyl (C=O) groups excluding carboxylic acids is 2. The molecule has 0 bridgehead atoms. The number of hydrogen-bond donors (Lipinski definition) is 2. The number of aromatic nitrogens is 2. The Bertz CT molecular complexity index is 1240. The largest absolute Gasteiger partial charge is 0.455 e. The van der Waals surface area contributed by atoms with E-state index in [4.69, 9.17) is 4.74 Å². The predicted octanol–water partition coefficient (Wildman–Crippen LogP) is 3.73. The zero-order chi connectivity index (χ0) is 22.7. The first kappa shape index (κ1) is 22.5. The average molecular weight is 476 g/mol. The van der Waals surface area contributed by atoms with Crippen LogP contribution in [0.4, 0.5) is 10.1 Å². The molecule has 2 heterocycles. The summed E-state index contributed by atoms with van der Waals surface area (Å²) < 4.78 is 18.5. The number of nitrogens with one attached hydrogen (secondary N) is 2. The van der Waals surface area contributed by atoms with Crippen LogP contribution in [-0.2, 0) is 32.9 Å². The molecular weight excluding hydrogens is 453 g/mol. The second-order valence-electron chi connectivity index (χ2n) is 7.57. The van der Waals surface area contributed by atoms with Crippen molar-refractivity contribution in [2.75, 3.05) is 17.7 Å². The number of anilines is 1. The Hall–Kier alpha value is -2.72. The fourth-order valence-corrected chi connectivity index (χ4v) is 5.53. The maximum Gasteiger partial charge on any atom is 0.316 e. The van der Waals surface area contributed by atoms with Gasteiger partial charge in [0.15, 0.2) is 6.61 Å². The Kier molecular flexibility index (Phi) is 6.90. The lowest BCUT2D eigenvalue weighted by atomic mass is 9.97. The van der Waals surface area contributed by atoms with Crippen LogP contribution in [0.5, 0.6) is 0 Å². The van der Waals surface area contributed by atoms with Gasteiger partial charge in [-0.05, 0) is 55.9 Å². The third-order valence-corrected chi connectivity index (χ3v) is 7.26. The van der Waals surface area contributed by atoms with E-state index in [2.05, 4.69) is 15.3 Å². The maximum atomic E-state index is 13.5. The molecule has 0 unspecified atom stereocenters. The number of aromatic amines is 1. The molecule has 0 fully saturated rings. The summed E-state index contributed by atoms with van der Waals surface area (Å²) in [6.07, 6.45) is 4.16. The molecule has 0 aliphatic heterocycles. The highest BCUT2D eigenvalue weighted by atomic mass is 32.2. The number of H-pyrrole nitrogens is 1. The monoisotopic (exact) mass is 475 g/mol. The summed E-state index contributed by atoms with van der Waals surface area (Å²) in [6.45, 7) is 1.16. The number of halogens is 1. The third-order valence-electron chi connectivity index (χ3n) is 5.15. The number of thioether (sulfide) groups is 1. The summed E-state index contributed by atoms with van der Waals surface area (Å²) in [5, 5.41) is 3.19. The highest BCUT2D eigenvalue weighted by Crippen LogP contribution is 2.33. The number of rotatable bonds is 7. The Morgan fingerprint density at radius 3 is 2.94 bits per heavy atom. The van der Waals surface area contributed by atoms with Gasteiger partial charge in [-0.25, -0.2) is 9.37 Å². The summed E-state index contributed by atoms with van der Waals surface area (Å²) >= 11 is 2.82. The second kappa shape index (κ2) is 9.83. The first-order valence-electron chi connectivity index (χ1n) is 10.2. The fraction of sp³-hybridized carbons (Fsp3) is 0.364. The van der Waals surface area contributed by atoms with Gasteiger partial charge in [0.05, 0.1) is 16.9 Å². The molecule has 4 rings (SSSR count). The van der Waals surface area contributed by atoms with Crippen LogP contribution in [0.3, 0.4) is 0 Å². The van der Waals surface area contributed by atoms with Gasteiger partial charge in [-0.15, -0.1) is 23.1 Å². The summed E-state index contributed by atoms with van der Waals surface area (Å²) in [4.78, 5) is 45.7. The van der Waals surface area contributed by atoms with Crippen molar-refractivity contribution in [3.05, 3.63) is 56.2 Å². The van der Waals surface area contributed by atoms with E-state index < -0.39 is 24.3 Å². The van der Waals surface area contributed by atoms with Gasteiger partial charge in [-0.2, -0.15) is 0 Å². The van der Waals surface area contributed by atoms with E-state index in [1.807, 2.05) is 0 Å². The number of amides is 1. The summed E-state index contributed by atoms with van der Waals surface area (Å²) in [5.41, 5.74) is 1.78. The normalized spacial score (nSPS) is 13.1. The number of benzene rings is 1. The molecule has 7 nitrogen and oxygen atoms in total. The van der Waals surface area contributed by atoms with E-state index in [9.17, 15) is 18.8 Å². The molecule has 0 saturated heterocycles. The van der Waals surface area contributed by atoms with E-state index in [0.29, 0.717) is 28.2 Å². The summed E-state index contributed by atoms with van der Waals surface area (Å²) in [6, 6.07) is 4.33. The smallest absolute Gasteiger partial charge is 0.316 e. The molecule has 1 amide bonds. The number of nitrogens with zero attached hydrogens (tertiary/aromatic N) is 1. The van der Waals surface area contributed by atoms with Gasteiger partial charge in [-0.3, -0.25) is 14.4 Å². The van der Waals surface area contributed by atoms with Gasteiger partial charge in [0.2, 0.25) is 0 Å². The first-order chi connectivity index (χ1) is 15.4. The van der Waals surface area contributed by atoms with E-state index >= 15 is 0 Å². The maximum absolute atomic E-state index is 13.5. The van der Waals surface area contributed by atoms with Crippen molar-refractivity contribution in [3.8, 4) is 0 Å². The van der Waals surface area contributed by atoms with Crippen LogP contribution in [0.2, 0.25) is 0 Å². The Morgan fingerprint density at radius 2 is 2.12 bits per heavy atom. The molecule has 1 aromatic carbocycles. The molecule has 0 atom stereocenters. The second-order valence-corrected chi connectivity index (χ2v) is 9.64. The minimum Gasteiger partial charge on any atom is -0.455 e. The van der Waals surface area contributed by atoms with Crippen LogP contribution >= 0.6 is 23.1 Å². The summed E-state index contributed by atoms with van der Waals surface area (Å²) in [7, 11) is 0. The topological polar surface area (TPSA) is 101 Å². The Morgan fingerprint density at radius 1 is 1.31 bits per heavy atom. The van der Waals surface area contributed by atoms with Crippen molar-refractivity contribution in [3.63, 3.8) is 0 Å². The molecule has 1 aliphatic rings. The van der Waals surface area contributed by atoms with Crippen LogP contribution in [-0.4, -0.2) is 34.2 Å².